The van der Waals surface area contributed by atoms with Gasteiger partial charge in [-0.05, 0) is 60.9 Å². The van der Waals surface area contributed by atoms with Crippen LogP contribution in [0, 0.1) is 0 Å². The monoisotopic (exact) mass is 428 g/mol. The number of unbranched alkanes of at least 4 members (excludes halogenated alkanes) is 2. The third-order valence-corrected chi connectivity index (χ3v) is 4.95. The molecule has 5 nitrogen and oxygen atoms in total. The minimum Gasteiger partial charge on any atom is -0.395 e. The molecule has 2 N–H and O–H groups in total. The van der Waals surface area contributed by atoms with E-state index in [0.29, 0.717) is 30.1 Å². The third kappa shape index (κ3) is 8.01. The number of aliphatic hydroxyl groups excluding tert-OH is 1. The Kier molecular flexibility index (Phi) is 10.1. The number of nitrogens with one attached hydrogen (secondary N) is 1. The van der Waals surface area contributed by atoms with Gasteiger partial charge in [-0.1, -0.05) is 24.6 Å². The lowest BCUT2D eigenvalue weighted by Gasteiger charge is -2.17. The second-order valence-electron chi connectivity index (χ2n) is 7.06. The molecule has 0 aliphatic heterocycles. The van der Waals surface area contributed by atoms with Crippen molar-refractivity contribution in [1.82, 2.24) is 0 Å². The van der Waals surface area contributed by atoms with E-state index in [1.165, 1.54) is 6.08 Å². The van der Waals surface area contributed by atoms with Crippen molar-refractivity contribution in [2.45, 2.75) is 25.7 Å². The van der Waals surface area contributed by atoms with Crippen LogP contribution < -0.4 is 10.2 Å². The summed E-state index contributed by atoms with van der Waals surface area (Å²) >= 11 is 5.63. The molecule has 2 aromatic carbocycles. The second kappa shape index (κ2) is 12.8. The molecule has 160 valence electrons. The van der Waals surface area contributed by atoms with E-state index in [2.05, 4.69) is 5.32 Å². The van der Waals surface area contributed by atoms with Gasteiger partial charge in [0.05, 0.1) is 6.61 Å². The number of carbonyl (C=O) groups excluding carboxylic acids is 2. The third-order valence-electron chi connectivity index (χ3n) is 4.69. The highest BCUT2D eigenvalue weighted by Crippen LogP contribution is 2.16. The van der Waals surface area contributed by atoms with Gasteiger partial charge in [0.15, 0.2) is 5.78 Å². The van der Waals surface area contributed by atoms with Crippen LogP contribution in [0.1, 0.15) is 41.6 Å². The predicted molar refractivity (Wildman–Crippen MR) is 124 cm³/mol. The zero-order valence-electron chi connectivity index (χ0n) is 17.3. The van der Waals surface area contributed by atoms with Crippen molar-refractivity contribution < 1.29 is 14.7 Å². The maximum Gasteiger partial charge on any atom is 0.224 e. The summed E-state index contributed by atoms with van der Waals surface area (Å²) in [6.45, 7) is 0.668. The van der Waals surface area contributed by atoms with Crippen LogP contribution in [0.3, 0.4) is 0 Å². The molecule has 0 bridgehead atoms. The van der Waals surface area contributed by atoms with Crippen molar-refractivity contribution in [2.24, 2.45) is 0 Å². The average Bonchev–Trinajstić information content (AvgIpc) is 2.76. The van der Waals surface area contributed by atoms with Crippen LogP contribution in [0.2, 0.25) is 0 Å². The number of anilines is 2. The summed E-state index contributed by atoms with van der Waals surface area (Å²) in [6, 6.07) is 14.7. The standard InChI is InChI=1S/C24H29ClN2O3/c1-27(17-18-28)22-13-6-19(7-14-22)8-15-23(29)20-9-11-21(12-10-20)26-24(30)5-3-2-4-16-25/h6-15,28H,2-5,16-18H2,1H3,(H,26,30)/b15-8+. The van der Waals surface area contributed by atoms with Gasteiger partial charge in [-0.15, -0.1) is 11.6 Å². The number of amides is 1. The normalized spacial score (nSPS) is 10.9. The summed E-state index contributed by atoms with van der Waals surface area (Å²) in [7, 11) is 1.91. The van der Waals surface area contributed by atoms with Gasteiger partial charge < -0.3 is 15.3 Å². The number of nitrogens with zero attached hydrogens (tertiary/aromatic N) is 1. The Balaban J connectivity index is 1.87. The van der Waals surface area contributed by atoms with E-state index in [9.17, 15) is 9.59 Å². The maximum atomic E-state index is 12.4. The number of likely N-dealkylation sites (N-methyl/N-ethyl adjacent to an activating group) is 1. The summed E-state index contributed by atoms with van der Waals surface area (Å²) in [5, 5.41) is 11.8. The van der Waals surface area contributed by atoms with Gasteiger partial charge >= 0.3 is 0 Å². The number of hydrogen-bond donors (Lipinski definition) is 2. The summed E-state index contributed by atoms with van der Waals surface area (Å²) in [5.74, 6) is 0.491. The van der Waals surface area contributed by atoms with E-state index in [1.54, 1.807) is 30.3 Å². The van der Waals surface area contributed by atoms with E-state index in [0.717, 1.165) is 30.5 Å². The van der Waals surface area contributed by atoms with Gasteiger partial charge in [-0.3, -0.25) is 9.59 Å². The van der Waals surface area contributed by atoms with Crippen molar-refractivity contribution in [3.63, 3.8) is 0 Å². The zero-order chi connectivity index (χ0) is 21.8. The molecular weight excluding hydrogens is 400 g/mol. The van der Waals surface area contributed by atoms with Gasteiger partial charge in [0, 0.05) is 42.8 Å². The Morgan fingerprint density at radius 1 is 1.03 bits per heavy atom. The minimum absolute atomic E-state index is 0.0309. The molecule has 0 heterocycles. The molecule has 0 saturated heterocycles. The molecule has 1 amide bonds. The van der Waals surface area contributed by atoms with Gasteiger partial charge in [-0.25, -0.2) is 0 Å². The first kappa shape index (κ1) is 23.6. The van der Waals surface area contributed by atoms with E-state index in [-0.39, 0.29) is 18.3 Å². The van der Waals surface area contributed by atoms with Crippen molar-refractivity contribution in [2.75, 3.05) is 36.3 Å². The van der Waals surface area contributed by atoms with Crippen LogP contribution in [-0.2, 0) is 4.79 Å². The Morgan fingerprint density at radius 2 is 1.73 bits per heavy atom. The van der Waals surface area contributed by atoms with E-state index in [4.69, 9.17) is 16.7 Å². The first-order chi connectivity index (χ1) is 14.5. The molecule has 0 unspecified atom stereocenters. The lowest BCUT2D eigenvalue weighted by molar-refractivity contribution is -0.116. The molecule has 0 atom stereocenters. The van der Waals surface area contributed by atoms with Crippen LogP contribution in [0.15, 0.2) is 54.6 Å². The highest BCUT2D eigenvalue weighted by Gasteiger charge is 2.05. The van der Waals surface area contributed by atoms with Gasteiger partial charge in [-0.2, -0.15) is 0 Å². The fourth-order valence-corrected chi connectivity index (χ4v) is 3.07. The van der Waals surface area contributed by atoms with E-state index < -0.39 is 0 Å². The Hall–Kier alpha value is -2.63. The van der Waals surface area contributed by atoms with Gasteiger partial charge in [0.1, 0.15) is 0 Å². The highest BCUT2D eigenvalue weighted by atomic mass is 35.5. The van der Waals surface area contributed by atoms with Crippen LogP contribution in [0.5, 0.6) is 0 Å². The Labute approximate surface area is 183 Å². The molecular formula is C24H29ClN2O3. The predicted octanol–water partition coefficient (Wildman–Crippen LogP) is 4.75. The number of rotatable bonds is 12. The fraction of sp³-hybridized carbons (Fsp3) is 0.333. The Morgan fingerprint density at radius 3 is 2.37 bits per heavy atom. The molecule has 0 saturated carbocycles. The van der Waals surface area contributed by atoms with Crippen LogP contribution in [0.25, 0.3) is 6.08 Å². The number of aliphatic hydroxyl groups is 1. The van der Waals surface area contributed by atoms with Crippen LogP contribution in [-0.4, -0.2) is 42.9 Å². The van der Waals surface area contributed by atoms with Crippen molar-refractivity contribution >= 4 is 40.7 Å². The molecule has 2 rings (SSSR count). The number of halogens is 1. The quantitative estimate of drug-likeness (QED) is 0.221. The van der Waals surface area contributed by atoms with Crippen molar-refractivity contribution in [3.05, 3.63) is 65.7 Å². The summed E-state index contributed by atoms with van der Waals surface area (Å²) < 4.78 is 0. The number of ketones is 1. The minimum atomic E-state index is -0.101. The smallest absolute Gasteiger partial charge is 0.224 e. The summed E-state index contributed by atoms with van der Waals surface area (Å²) in [4.78, 5) is 26.3. The number of allylic oxidation sites excluding steroid dienone is 1. The largest absolute Gasteiger partial charge is 0.395 e. The lowest BCUT2D eigenvalue weighted by Crippen LogP contribution is -2.20. The molecule has 0 spiro atoms. The molecule has 0 aliphatic carbocycles. The fourth-order valence-electron chi connectivity index (χ4n) is 2.89. The first-order valence-electron chi connectivity index (χ1n) is 10.1. The molecule has 6 heteroatoms. The average molecular weight is 429 g/mol. The molecule has 0 aliphatic rings. The van der Waals surface area contributed by atoms with E-state index in [1.807, 2.05) is 36.2 Å². The maximum absolute atomic E-state index is 12.4. The molecule has 0 aromatic heterocycles. The zero-order valence-corrected chi connectivity index (χ0v) is 18.1. The Bertz CT molecular complexity index is 833. The van der Waals surface area contributed by atoms with Crippen LogP contribution >= 0.6 is 11.6 Å². The van der Waals surface area contributed by atoms with Gasteiger partial charge in [0.25, 0.3) is 0 Å². The summed E-state index contributed by atoms with van der Waals surface area (Å²) in [5.41, 5.74) is 3.16. The first-order valence-corrected chi connectivity index (χ1v) is 10.7. The van der Waals surface area contributed by atoms with Gasteiger partial charge in [0.2, 0.25) is 5.91 Å². The van der Waals surface area contributed by atoms with Crippen LogP contribution in [0.4, 0.5) is 11.4 Å². The molecule has 0 fully saturated rings. The van der Waals surface area contributed by atoms with Crippen molar-refractivity contribution in [3.8, 4) is 0 Å². The summed E-state index contributed by atoms with van der Waals surface area (Å²) in [6.07, 6.45) is 6.46. The number of carbonyl (C=O) groups is 2. The topological polar surface area (TPSA) is 69.6 Å². The number of alkyl halides is 1. The second-order valence-corrected chi connectivity index (χ2v) is 7.44. The van der Waals surface area contributed by atoms with E-state index >= 15 is 0 Å². The SMILES string of the molecule is CN(CCO)c1ccc(/C=C/C(=O)c2ccc(NC(=O)CCCCCCl)cc2)cc1. The van der Waals surface area contributed by atoms with Crippen molar-refractivity contribution in [1.29, 1.82) is 0 Å². The highest BCUT2D eigenvalue weighted by molar-refractivity contribution is 6.17. The molecule has 0 radical (unpaired) electrons. The lowest BCUT2D eigenvalue weighted by atomic mass is 10.1. The molecule has 2 aromatic rings. The number of benzene rings is 2. The number of hydrogen-bond acceptors (Lipinski definition) is 4. The molecule has 30 heavy (non-hydrogen) atoms.